The molecule has 0 amide bonds. The quantitative estimate of drug-likeness (QED) is 0.258. The van der Waals surface area contributed by atoms with Crippen molar-refractivity contribution in [3.05, 3.63) is 0 Å². The molecule has 144 valence electrons. The first-order valence-corrected chi connectivity index (χ1v) is 9.96. The SMILES string of the molecule is CCNC(=NCC(CC)(CC)CCO)NCCCCN(CC)CC. The van der Waals surface area contributed by atoms with Crippen LogP contribution in [0.15, 0.2) is 4.99 Å². The first-order valence-electron chi connectivity index (χ1n) is 9.96. The molecule has 0 bridgehead atoms. The van der Waals surface area contributed by atoms with Crippen LogP contribution in [0.1, 0.15) is 66.7 Å². The number of unbranched alkanes of at least 4 members (excludes halogenated alkanes) is 1. The summed E-state index contributed by atoms with van der Waals surface area (Å²) >= 11 is 0. The smallest absolute Gasteiger partial charge is 0.191 e. The van der Waals surface area contributed by atoms with Gasteiger partial charge in [-0.3, -0.25) is 4.99 Å². The monoisotopic (exact) mass is 342 g/mol. The summed E-state index contributed by atoms with van der Waals surface area (Å²) in [5, 5.41) is 16.1. The van der Waals surface area contributed by atoms with E-state index >= 15 is 0 Å². The number of aliphatic hydroxyl groups excluding tert-OH is 1. The van der Waals surface area contributed by atoms with Crippen LogP contribution < -0.4 is 10.6 Å². The molecule has 0 fully saturated rings. The third-order valence-corrected chi connectivity index (χ3v) is 5.15. The molecule has 0 radical (unpaired) electrons. The van der Waals surface area contributed by atoms with Gasteiger partial charge < -0.3 is 20.6 Å². The predicted octanol–water partition coefficient (Wildman–Crippen LogP) is 2.85. The number of nitrogens with zero attached hydrogens (tertiary/aromatic N) is 2. The molecule has 0 aromatic carbocycles. The fourth-order valence-electron chi connectivity index (χ4n) is 2.94. The van der Waals surface area contributed by atoms with E-state index in [1.165, 1.54) is 13.0 Å². The highest BCUT2D eigenvalue weighted by Crippen LogP contribution is 2.30. The van der Waals surface area contributed by atoms with Gasteiger partial charge in [0.1, 0.15) is 0 Å². The minimum absolute atomic E-state index is 0.125. The molecule has 0 saturated heterocycles. The fraction of sp³-hybridized carbons (Fsp3) is 0.947. The Kier molecular flexibility index (Phi) is 14.0. The number of aliphatic imine (C=N–C) groups is 1. The number of nitrogens with one attached hydrogen (secondary N) is 2. The summed E-state index contributed by atoms with van der Waals surface area (Å²) in [6, 6.07) is 0. The summed E-state index contributed by atoms with van der Waals surface area (Å²) < 4.78 is 0. The van der Waals surface area contributed by atoms with Gasteiger partial charge in [0.2, 0.25) is 0 Å². The van der Waals surface area contributed by atoms with E-state index in [9.17, 15) is 5.11 Å². The highest BCUT2D eigenvalue weighted by atomic mass is 16.3. The second-order valence-corrected chi connectivity index (χ2v) is 6.54. The molecule has 5 nitrogen and oxygen atoms in total. The topological polar surface area (TPSA) is 59.9 Å². The van der Waals surface area contributed by atoms with Crippen LogP contribution in [0, 0.1) is 5.41 Å². The second-order valence-electron chi connectivity index (χ2n) is 6.54. The van der Waals surface area contributed by atoms with Gasteiger partial charge in [0, 0.05) is 26.2 Å². The molecular weight excluding hydrogens is 300 g/mol. The maximum absolute atomic E-state index is 9.33. The zero-order valence-electron chi connectivity index (χ0n) is 16.8. The van der Waals surface area contributed by atoms with Gasteiger partial charge in [-0.1, -0.05) is 27.7 Å². The molecule has 0 saturated carbocycles. The Hall–Kier alpha value is -0.810. The standard InChI is InChI=1S/C19H42N4O/c1-6-19(7-2,13-16-24)17-22-18(20-8-3)21-14-11-12-15-23(9-4)10-5/h24H,6-17H2,1-5H3,(H2,20,21,22). The molecule has 0 rings (SSSR count). The van der Waals surface area contributed by atoms with E-state index in [4.69, 9.17) is 4.99 Å². The van der Waals surface area contributed by atoms with Gasteiger partial charge in [-0.15, -0.1) is 0 Å². The lowest BCUT2D eigenvalue weighted by Crippen LogP contribution is -2.39. The summed E-state index contributed by atoms with van der Waals surface area (Å²) in [6.45, 7) is 17.2. The van der Waals surface area contributed by atoms with Crippen molar-refractivity contribution < 1.29 is 5.11 Å². The molecule has 0 atom stereocenters. The molecule has 0 aromatic heterocycles. The summed E-state index contributed by atoms with van der Waals surface area (Å²) in [5.41, 5.74) is 0.125. The summed E-state index contributed by atoms with van der Waals surface area (Å²) in [4.78, 5) is 7.25. The minimum atomic E-state index is 0.125. The van der Waals surface area contributed by atoms with E-state index in [1.807, 2.05) is 0 Å². The van der Waals surface area contributed by atoms with Crippen molar-refractivity contribution in [2.24, 2.45) is 10.4 Å². The van der Waals surface area contributed by atoms with Crippen molar-refractivity contribution in [2.75, 3.05) is 45.9 Å². The van der Waals surface area contributed by atoms with Gasteiger partial charge in [0.15, 0.2) is 5.96 Å². The highest BCUT2D eigenvalue weighted by molar-refractivity contribution is 5.79. The van der Waals surface area contributed by atoms with E-state index in [0.717, 1.165) is 64.4 Å². The van der Waals surface area contributed by atoms with Crippen LogP contribution in [0.3, 0.4) is 0 Å². The normalized spacial score (nSPS) is 12.7. The molecule has 0 spiro atoms. The van der Waals surface area contributed by atoms with E-state index in [1.54, 1.807) is 0 Å². The second kappa shape index (κ2) is 14.5. The van der Waals surface area contributed by atoms with Gasteiger partial charge in [-0.2, -0.15) is 0 Å². The number of aliphatic hydroxyl groups is 1. The van der Waals surface area contributed by atoms with Gasteiger partial charge in [-0.25, -0.2) is 0 Å². The van der Waals surface area contributed by atoms with Crippen LogP contribution in [-0.4, -0.2) is 61.8 Å². The molecule has 0 heterocycles. The Morgan fingerprint density at radius 1 is 1.00 bits per heavy atom. The fourth-order valence-corrected chi connectivity index (χ4v) is 2.94. The third-order valence-electron chi connectivity index (χ3n) is 5.15. The third kappa shape index (κ3) is 9.48. The van der Waals surface area contributed by atoms with Crippen molar-refractivity contribution in [3.8, 4) is 0 Å². The Labute approximate surface area is 150 Å². The maximum atomic E-state index is 9.33. The van der Waals surface area contributed by atoms with Gasteiger partial charge >= 0.3 is 0 Å². The molecule has 3 N–H and O–H groups in total. The minimum Gasteiger partial charge on any atom is -0.396 e. The lowest BCUT2D eigenvalue weighted by molar-refractivity contribution is 0.175. The molecule has 5 heteroatoms. The number of hydrogen-bond donors (Lipinski definition) is 3. The first kappa shape index (κ1) is 23.2. The molecule has 0 aliphatic carbocycles. The number of guanidine groups is 1. The number of hydrogen-bond acceptors (Lipinski definition) is 3. The predicted molar refractivity (Wildman–Crippen MR) is 106 cm³/mol. The maximum Gasteiger partial charge on any atom is 0.191 e. The van der Waals surface area contributed by atoms with Crippen molar-refractivity contribution >= 4 is 5.96 Å². The lowest BCUT2D eigenvalue weighted by Gasteiger charge is -2.29. The Balaban J connectivity index is 4.36. The summed E-state index contributed by atoms with van der Waals surface area (Å²) in [6.07, 6.45) is 5.30. The van der Waals surface area contributed by atoms with Crippen molar-refractivity contribution in [2.45, 2.75) is 66.7 Å². The zero-order valence-corrected chi connectivity index (χ0v) is 16.8. The van der Waals surface area contributed by atoms with Crippen molar-refractivity contribution in [1.82, 2.24) is 15.5 Å². The van der Waals surface area contributed by atoms with E-state index in [2.05, 4.69) is 50.2 Å². The van der Waals surface area contributed by atoms with Crippen LogP contribution >= 0.6 is 0 Å². The molecule has 0 aromatic rings. The first-order chi connectivity index (χ1) is 11.6. The molecule has 0 unspecified atom stereocenters. The summed E-state index contributed by atoms with van der Waals surface area (Å²) in [5.74, 6) is 0.907. The van der Waals surface area contributed by atoms with Crippen LogP contribution in [0.5, 0.6) is 0 Å². The van der Waals surface area contributed by atoms with E-state index < -0.39 is 0 Å². The average Bonchev–Trinajstić information content (AvgIpc) is 2.61. The van der Waals surface area contributed by atoms with Crippen LogP contribution in [-0.2, 0) is 0 Å². The van der Waals surface area contributed by atoms with Gasteiger partial charge in [0.05, 0.1) is 0 Å². The average molecular weight is 343 g/mol. The lowest BCUT2D eigenvalue weighted by atomic mass is 9.79. The molecule has 0 aliphatic rings. The molecule has 24 heavy (non-hydrogen) atoms. The van der Waals surface area contributed by atoms with E-state index in [0.29, 0.717) is 0 Å². The van der Waals surface area contributed by atoms with Crippen LogP contribution in [0.25, 0.3) is 0 Å². The van der Waals surface area contributed by atoms with Gasteiger partial charge in [0.25, 0.3) is 0 Å². The van der Waals surface area contributed by atoms with Crippen molar-refractivity contribution in [3.63, 3.8) is 0 Å². The molecular formula is C19H42N4O. The van der Waals surface area contributed by atoms with Crippen molar-refractivity contribution in [1.29, 1.82) is 0 Å². The largest absolute Gasteiger partial charge is 0.396 e. The summed E-state index contributed by atoms with van der Waals surface area (Å²) in [7, 11) is 0. The highest BCUT2D eigenvalue weighted by Gasteiger charge is 2.25. The van der Waals surface area contributed by atoms with Crippen LogP contribution in [0.2, 0.25) is 0 Å². The Bertz CT molecular complexity index is 312. The van der Waals surface area contributed by atoms with Crippen LogP contribution in [0.4, 0.5) is 0 Å². The zero-order chi connectivity index (χ0) is 18.3. The van der Waals surface area contributed by atoms with Gasteiger partial charge in [-0.05, 0) is 64.1 Å². The molecule has 0 aliphatic heterocycles. The van der Waals surface area contributed by atoms with E-state index in [-0.39, 0.29) is 12.0 Å². The Morgan fingerprint density at radius 3 is 2.17 bits per heavy atom. The Morgan fingerprint density at radius 2 is 1.67 bits per heavy atom. The number of rotatable bonds is 14.